The van der Waals surface area contributed by atoms with Crippen molar-refractivity contribution >= 4 is 0 Å². The summed E-state index contributed by atoms with van der Waals surface area (Å²) in [6.45, 7) is 8.37. The zero-order valence-electron chi connectivity index (χ0n) is 14.7. The predicted octanol–water partition coefficient (Wildman–Crippen LogP) is 3.74. The second kappa shape index (κ2) is 7.82. The van der Waals surface area contributed by atoms with Gasteiger partial charge in [0.25, 0.3) is 0 Å². The van der Waals surface area contributed by atoms with Gasteiger partial charge in [-0.05, 0) is 41.6 Å². The molecule has 1 unspecified atom stereocenters. The molecule has 0 aliphatic carbocycles. The number of rotatable bonds is 6. The van der Waals surface area contributed by atoms with Crippen molar-refractivity contribution in [2.45, 2.75) is 39.5 Å². The molecule has 0 amide bonds. The topological polar surface area (TPSA) is 33.3 Å². The summed E-state index contributed by atoms with van der Waals surface area (Å²) in [5, 5.41) is 7.21. The Hall–Kier alpha value is -1.84. The second-order valence-electron chi connectivity index (χ2n) is 7.31. The summed E-state index contributed by atoms with van der Waals surface area (Å²) in [5.74, 6) is 0.921. The quantitative estimate of drug-likeness (QED) is 0.849. The van der Waals surface area contributed by atoms with E-state index in [2.05, 4.69) is 60.9 Å². The lowest BCUT2D eigenvalue weighted by molar-refractivity contribution is 0.184. The fraction of sp³-hybridized carbons (Fsp3) is 0.429. The van der Waals surface area contributed by atoms with Crippen molar-refractivity contribution in [3.8, 4) is 5.75 Å². The first-order valence-corrected chi connectivity index (χ1v) is 8.83. The molecule has 0 aromatic heterocycles. The van der Waals surface area contributed by atoms with Crippen molar-refractivity contribution in [3.05, 3.63) is 65.7 Å². The van der Waals surface area contributed by atoms with Gasteiger partial charge < -0.3 is 15.4 Å². The van der Waals surface area contributed by atoms with Crippen LogP contribution in [0.25, 0.3) is 0 Å². The fourth-order valence-electron chi connectivity index (χ4n) is 3.23. The van der Waals surface area contributed by atoms with Gasteiger partial charge in [0.1, 0.15) is 12.4 Å². The molecule has 1 aliphatic rings. The Morgan fingerprint density at radius 2 is 1.79 bits per heavy atom. The lowest BCUT2D eigenvalue weighted by Gasteiger charge is -2.39. The first-order chi connectivity index (χ1) is 11.6. The molecule has 2 N–H and O–H groups in total. The Morgan fingerprint density at radius 3 is 2.50 bits per heavy atom. The molecule has 1 aliphatic heterocycles. The molecule has 0 saturated carbocycles. The van der Waals surface area contributed by atoms with Crippen molar-refractivity contribution in [2.75, 3.05) is 13.1 Å². The van der Waals surface area contributed by atoms with Crippen molar-refractivity contribution < 1.29 is 4.74 Å². The van der Waals surface area contributed by atoms with E-state index >= 15 is 0 Å². The van der Waals surface area contributed by atoms with E-state index in [1.165, 1.54) is 17.5 Å². The van der Waals surface area contributed by atoms with Gasteiger partial charge in [-0.2, -0.15) is 0 Å². The molecular formula is C21H28N2O. The summed E-state index contributed by atoms with van der Waals surface area (Å²) in [7, 11) is 0. The maximum atomic E-state index is 5.85. The van der Waals surface area contributed by atoms with E-state index in [4.69, 9.17) is 4.74 Å². The minimum absolute atomic E-state index is 0.303. The predicted molar refractivity (Wildman–Crippen MR) is 99.1 cm³/mol. The summed E-state index contributed by atoms with van der Waals surface area (Å²) < 4.78 is 5.85. The average Bonchev–Trinajstić information content (AvgIpc) is 2.60. The molecular weight excluding hydrogens is 296 g/mol. The molecule has 3 nitrogen and oxygen atoms in total. The zero-order chi connectivity index (χ0) is 16.8. The van der Waals surface area contributed by atoms with Crippen LogP contribution >= 0.6 is 0 Å². The van der Waals surface area contributed by atoms with Gasteiger partial charge in [-0.15, -0.1) is 0 Å². The van der Waals surface area contributed by atoms with E-state index in [0.717, 1.165) is 25.4 Å². The third-order valence-electron chi connectivity index (χ3n) is 4.86. The number of hydrogen-bond acceptors (Lipinski definition) is 3. The molecule has 3 heteroatoms. The van der Waals surface area contributed by atoms with Gasteiger partial charge in [0, 0.05) is 19.1 Å². The van der Waals surface area contributed by atoms with Crippen LogP contribution in [-0.2, 0) is 13.2 Å². The minimum atomic E-state index is 0.303. The molecule has 1 saturated heterocycles. The summed E-state index contributed by atoms with van der Waals surface area (Å²) >= 11 is 0. The van der Waals surface area contributed by atoms with Crippen LogP contribution < -0.4 is 15.4 Å². The Bertz CT molecular complexity index is 622. The van der Waals surface area contributed by atoms with Gasteiger partial charge in [-0.1, -0.05) is 56.3 Å². The lowest BCUT2D eigenvalue weighted by atomic mass is 9.80. The van der Waals surface area contributed by atoms with E-state index in [1.54, 1.807) is 0 Å². The van der Waals surface area contributed by atoms with Crippen LogP contribution in [0.4, 0.5) is 0 Å². The highest BCUT2D eigenvalue weighted by atomic mass is 16.5. The number of piperidine rings is 1. The van der Waals surface area contributed by atoms with Crippen molar-refractivity contribution in [1.29, 1.82) is 0 Å². The van der Waals surface area contributed by atoms with Crippen LogP contribution in [0.15, 0.2) is 54.6 Å². The molecule has 128 valence electrons. The number of nitrogens with one attached hydrogen (secondary N) is 2. The third kappa shape index (κ3) is 4.59. The third-order valence-corrected chi connectivity index (χ3v) is 4.86. The largest absolute Gasteiger partial charge is 0.489 e. The molecule has 1 atom stereocenters. The summed E-state index contributed by atoms with van der Waals surface area (Å²) in [5.41, 5.74) is 2.80. The van der Waals surface area contributed by atoms with Gasteiger partial charge in [-0.25, -0.2) is 0 Å². The van der Waals surface area contributed by atoms with Crippen LogP contribution in [0, 0.1) is 5.41 Å². The van der Waals surface area contributed by atoms with Gasteiger partial charge in [0.15, 0.2) is 0 Å². The van der Waals surface area contributed by atoms with E-state index in [0.29, 0.717) is 18.1 Å². The second-order valence-corrected chi connectivity index (χ2v) is 7.31. The highest BCUT2D eigenvalue weighted by molar-refractivity contribution is 5.27. The number of hydrogen-bond donors (Lipinski definition) is 2. The Kier molecular flexibility index (Phi) is 5.54. The zero-order valence-corrected chi connectivity index (χ0v) is 14.7. The molecule has 2 aromatic rings. The molecule has 2 aromatic carbocycles. The lowest BCUT2D eigenvalue weighted by Crippen LogP contribution is -2.52. The van der Waals surface area contributed by atoms with E-state index in [-0.39, 0.29) is 0 Å². The smallest absolute Gasteiger partial charge is 0.119 e. The summed E-state index contributed by atoms with van der Waals surface area (Å²) in [6, 6.07) is 19.3. The SMILES string of the molecule is CC1(C)CNCCC1NCc1ccc(OCc2ccccc2)cc1. The Labute approximate surface area is 145 Å². The first kappa shape index (κ1) is 17.0. The fourth-order valence-corrected chi connectivity index (χ4v) is 3.23. The molecule has 24 heavy (non-hydrogen) atoms. The normalized spacial score (nSPS) is 19.8. The summed E-state index contributed by atoms with van der Waals surface area (Å²) in [6.07, 6.45) is 1.19. The Balaban J connectivity index is 1.49. The van der Waals surface area contributed by atoms with Gasteiger partial charge >= 0.3 is 0 Å². The van der Waals surface area contributed by atoms with Crippen LogP contribution in [0.1, 0.15) is 31.4 Å². The number of benzene rings is 2. The highest BCUT2D eigenvalue weighted by Gasteiger charge is 2.31. The van der Waals surface area contributed by atoms with Crippen molar-refractivity contribution in [3.63, 3.8) is 0 Å². The molecule has 0 radical (unpaired) electrons. The molecule has 1 heterocycles. The van der Waals surface area contributed by atoms with E-state index in [9.17, 15) is 0 Å². The molecule has 3 rings (SSSR count). The van der Waals surface area contributed by atoms with Crippen molar-refractivity contribution in [1.82, 2.24) is 10.6 Å². The van der Waals surface area contributed by atoms with E-state index in [1.807, 2.05) is 18.2 Å². The standard InChI is InChI=1S/C21H28N2O/c1-21(2)16-22-13-12-20(21)23-14-17-8-10-19(11-9-17)24-15-18-6-4-3-5-7-18/h3-11,20,22-23H,12-16H2,1-2H3. The Morgan fingerprint density at radius 1 is 1.04 bits per heavy atom. The first-order valence-electron chi connectivity index (χ1n) is 8.83. The molecule has 1 fully saturated rings. The van der Waals surface area contributed by atoms with Crippen LogP contribution in [0.5, 0.6) is 5.75 Å². The van der Waals surface area contributed by atoms with Gasteiger partial charge in [0.05, 0.1) is 0 Å². The van der Waals surface area contributed by atoms with Crippen LogP contribution in [-0.4, -0.2) is 19.1 Å². The minimum Gasteiger partial charge on any atom is -0.489 e. The average molecular weight is 324 g/mol. The maximum Gasteiger partial charge on any atom is 0.119 e. The monoisotopic (exact) mass is 324 g/mol. The maximum absolute atomic E-state index is 5.85. The summed E-state index contributed by atoms with van der Waals surface area (Å²) in [4.78, 5) is 0. The van der Waals surface area contributed by atoms with Crippen LogP contribution in [0.2, 0.25) is 0 Å². The molecule has 0 bridgehead atoms. The number of ether oxygens (including phenoxy) is 1. The van der Waals surface area contributed by atoms with Gasteiger partial charge in [-0.3, -0.25) is 0 Å². The van der Waals surface area contributed by atoms with E-state index < -0.39 is 0 Å². The molecule has 0 spiro atoms. The van der Waals surface area contributed by atoms with Gasteiger partial charge in [0.2, 0.25) is 0 Å². The highest BCUT2D eigenvalue weighted by Crippen LogP contribution is 2.25. The van der Waals surface area contributed by atoms with Crippen molar-refractivity contribution in [2.24, 2.45) is 5.41 Å². The van der Waals surface area contributed by atoms with Crippen LogP contribution in [0.3, 0.4) is 0 Å².